The lowest BCUT2D eigenvalue weighted by Gasteiger charge is -2.56. The van der Waals surface area contributed by atoms with E-state index in [-0.39, 0.29) is 11.3 Å². The highest BCUT2D eigenvalue weighted by atomic mass is 35.5. The highest BCUT2D eigenvalue weighted by Gasteiger charge is 2.51. The number of anilines is 1. The quantitative estimate of drug-likeness (QED) is 0.553. The van der Waals surface area contributed by atoms with Crippen LogP contribution in [0, 0.1) is 30.1 Å². The number of nitrogens with one attached hydrogen (secondary N) is 1. The molecule has 160 valence electrons. The molecule has 6 heteroatoms. The topological polar surface area (TPSA) is 59.8 Å². The molecule has 0 saturated heterocycles. The molecule has 31 heavy (non-hydrogen) atoms. The summed E-state index contributed by atoms with van der Waals surface area (Å²) in [4.78, 5) is 14.6. The van der Waals surface area contributed by atoms with Crippen LogP contribution in [0.15, 0.2) is 36.4 Å². The predicted molar refractivity (Wildman–Crippen MR) is 122 cm³/mol. The van der Waals surface area contributed by atoms with Gasteiger partial charge in [-0.25, -0.2) is 0 Å². The van der Waals surface area contributed by atoms with E-state index in [1.165, 1.54) is 38.5 Å². The highest BCUT2D eigenvalue weighted by molar-refractivity contribution is 6.31. The maximum atomic E-state index is 13.0. The van der Waals surface area contributed by atoms with Crippen molar-refractivity contribution >= 4 is 34.2 Å². The minimum Gasteiger partial charge on any atom is -0.326 e. The van der Waals surface area contributed by atoms with Crippen LogP contribution in [0.3, 0.4) is 0 Å². The molecule has 5 nitrogen and oxygen atoms in total. The van der Waals surface area contributed by atoms with Crippen molar-refractivity contribution in [2.24, 2.45) is 23.2 Å². The number of carbonyl (C=O) groups is 1. The number of hydrogen-bond donors (Lipinski definition) is 1. The summed E-state index contributed by atoms with van der Waals surface area (Å²) in [6.07, 6.45) is 8.61. The summed E-state index contributed by atoms with van der Waals surface area (Å²) in [5, 5.41) is 13.0. The first kappa shape index (κ1) is 19.3. The Morgan fingerprint density at radius 2 is 1.71 bits per heavy atom. The van der Waals surface area contributed by atoms with Gasteiger partial charge in [-0.3, -0.25) is 4.79 Å². The molecule has 4 aliphatic carbocycles. The number of benzene rings is 2. The average molecular weight is 435 g/mol. The Labute approximate surface area is 187 Å². The van der Waals surface area contributed by atoms with Crippen LogP contribution < -0.4 is 5.32 Å². The van der Waals surface area contributed by atoms with Gasteiger partial charge in [-0.15, -0.1) is 10.2 Å². The fraction of sp³-hybridized carbons (Fsp3) is 0.480. The summed E-state index contributed by atoms with van der Waals surface area (Å²) < 4.78 is 0. The molecule has 0 unspecified atom stereocenters. The van der Waals surface area contributed by atoms with Gasteiger partial charge < -0.3 is 5.32 Å². The SMILES string of the molecule is Cc1ccc(-n2nc3ccc(NC(=O)CC45CC6CC(CC(C6)C4)C5)cc3n2)cc1Cl. The van der Waals surface area contributed by atoms with Crippen LogP contribution in [0.5, 0.6) is 0 Å². The molecule has 1 heterocycles. The second-order valence-corrected chi connectivity index (χ2v) is 10.7. The monoisotopic (exact) mass is 434 g/mol. The summed E-state index contributed by atoms with van der Waals surface area (Å²) in [7, 11) is 0. The lowest BCUT2D eigenvalue weighted by atomic mass is 9.49. The summed E-state index contributed by atoms with van der Waals surface area (Å²) in [5.41, 5.74) is 4.41. The lowest BCUT2D eigenvalue weighted by molar-refractivity contribution is -0.124. The number of nitrogens with zero attached hydrogens (tertiary/aromatic N) is 3. The van der Waals surface area contributed by atoms with E-state index in [2.05, 4.69) is 15.5 Å². The van der Waals surface area contributed by atoms with Crippen LogP contribution in [-0.4, -0.2) is 20.9 Å². The zero-order chi connectivity index (χ0) is 21.2. The van der Waals surface area contributed by atoms with Gasteiger partial charge in [-0.05, 0) is 105 Å². The van der Waals surface area contributed by atoms with Crippen molar-refractivity contribution in [1.82, 2.24) is 15.0 Å². The minimum atomic E-state index is 0.138. The number of aryl methyl sites for hydroxylation is 1. The van der Waals surface area contributed by atoms with E-state index in [0.717, 1.165) is 45.7 Å². The van der Waals surface area contributed by atoms with Gasteiger partial charge in [-0.1, -0.05) is 17.7 Å². The van der Waals surface area contributed by atoms with Gasteiger partial charge in [0, 0.05) is 17.1 Å². The summed E-state index contributed by atoms with van der Waals surface area (Å²) >= 11 is 6.26. The Balaban J connectivity index is 1.19. The van der Waals surface area contributed by atoms with E-state index in [1.807, 2.05) is 43.3 Å². The molecule has 1 amide bonds. The number of halogens is 1. The molecule has 0 radical (unpaired) electrons. The first-order valence-electron chi connectivity index (χ1n) is 11.4. The third-order valence-corrected chi connectivity index (χ3v) is 8.16. The van der Waals surface area contributed by atoms with Gasteiger partial charge in [0.15, 0.2) is 0 Å². The third kappa shape index (κ3) is 3.53. The van der Waals surface area contributed by atoms with E-state index >= 15 is 0 Å². The van der Waals surface area contributed by atoms with Crippen LogP contribution in [0.4, 0.5) is 5.69 Å². The van der Waals surface area contributed by atoms with Crippen LogP contribution in [0.1, 0.15) is 50.5 Å². The summed E-state index contributed by atoms with van der Waals surface area (Å²) in [6.45, 7) is 1.97. The predicted octanol–water partition coefficient (Wildman–Crippen LogP) is 5.93. The molecule has 0 aliphatic heterocycles. The Hall–Kier alpha value is -2.40. The molecule has 4 bridgehead atoms. The van der Waals surface area contributed by atoms with Crippen molar-refractivity contribution in [1.29, 1.82) is 0 Å². The minimum absolute atomic E-state index is 0.138. The molecule has 1 N–H and O–H groups in total. The van der Waals surface area contributed by atoms with Crippen molar-refractivity contribution in [3.63, 3.8) is 0 Å². The molecule has 3 aromatic rings. The van der Waals surface area contributed by atoms with Crippen molar-refractivity contribution in [2.75, 3.05) is 5.32 Å². The molecule has 7 rings (SSSR count). The second-order valence-electron chi connectivity index (χ2n) is 10.3. The Bertz CT molecular complexity index is 1150. The van der Waals surface area contributed by atoms with Gasteiger partial charge in [0.1, 0.15) is 11.0 Å². The molecular formula is C25H27ClN4O. The lowest BCUT2D eigenvalue weighted by Crippen LogP contribution is -2.47. The largest absolute Gasteiger partial charge is 0.326 e. The molecular weight excluding hydrogens is 408 g/mol. The van der Waals surface area contributed by atoms with Crippen molar-refractivity contribution in [3.8, 4) is 5.69 Å². The van der Waals surface area contributed by atoms with E-state index in [1.54, 1.807) is 4.80 Å². The molecule has 4 aliphatic rings. The van der Waals surface area contributed by atoms with Crippen LogP contribution in [0.25, 0.3) is 16.7 Å². The summed E-state index contributed by atoms with van der Waals surface area (Å²) in [6, 6.07) is 11.5. The average Bonchev–Trinajstić information content (AvgIpc) is 3.12. The summed E-state index contributed by atoms with van der Waals surface area (Å²) in [5.74, 6) is 2.72. The van der Waals surface area contributed by atoms with E-state index in [4.69, 9.17) is 11.6 Å². The third-order valence-electron chi connectivity index (χ3n) is 7.75. The van der Waals surface area contributed by atoms with Crippen molar-refractivity contribution in [2.45, 2.75) is 51.9 Å². The molecule has 4 fully saturated rings. The number of aromatic nitrogens is 3. The van der Waals surface area contributed by atoms with Crippen LogP contribution in [0.2, 0.25) is 5.02 Å². The standard InChI is InChI=1S/C25H27ClN4O/c1-15-2-4-20(10-21(15)26)30-28-22-5-3-19(9-23(22)29-30)27-24(31)14-25-11-16-6-17(12-25)8-18(7-16)13-25/h2-5,9-10,16-18H,6-8,11-14H2,1H3,(H,27,31). The number of carbonyl (C=O) groups excluding carboxylic acids is 1. The van der Waals surface area contributed by atoms with Crippen molar-refractivity contribution in [3.05, 3.63) is 47.0 Å². The zero-order valence-corrected chi connectivity index (χ0v) is 18.5. The fourth-order valence-corrected chi connectivity index (χ4v) is 7.04. The van der Waals surface area contributed by atoms with Gasteiger partial charge in [0.05, 0.1) is 5.69 Å². The van der Waals surface area contributed by atoms with E-state index < -0.39 is 0 Å². The Morgan fingerprint density at radius 1 is 1.03 bits per heavy atom. The molecule has 2 aromatic carbocycles. The van der Waals surface area contributed by atoms with Gasteiger partial charge in [0.25, 0.3) is 0 Å². The van der Waals surface area contributed by atoms with Crippen LogP contribution in [-0.2, 0) is 4.79 Å². The first-order chi connectivity index (χ1) is 14.9. The fourth-order valence-electron chi connectivity index (χ4n) is 6.87. The Morgan fingerprint density at radius 3 is 2.39 bits per heavy atom. The number of amides is 1. The van der Waals surface area contributed by atoms with Crippen LogP contribution >= 0.6 is 11.6 Å². The molecule has 0 atom stereocenters. The van der Waals surface area contributed by atoms with Crippen molar-refractivity contribution < 1.29 is 4.79 Å². The molecule has 4 saturated carbocycles. The smallest absolute Gasteiger partial charge is 0.224 e. The number of fused-ring (bicyclic) bond motifs is 1. The molecule has 0 spiro atoms. The Kier molecular flexibility index (Phi) is 4.39. The second kappa shape index (κ2) is 7.06. The zero-order valence-electron chi connectivity index (χ0n) is 17.8. The van der Waals surface area contributed by atoms with Gasteiger partial charge in [0.2, 0.25) is 5.91 Å². The van der Waals surface area contributed by atoms with E-state index in [0.29, 0.717) is 11.4 Å². The maximum Gasteiger partial charge on any atom is 0.224 e. The van der Waals surface area contributed by atoms with Gasteiger partial charge >= 0.3 is 0 Å². The maximum absolute atomic E-state index is 13.0. The van der Waals surface area contributed by atoms with Gasteiger partial charge in [-0.2, -0.15) is 4.80 Å². The normalized spacial score (nSPS) is 28.9. The highest BCUT2D eigenvalue weighted by Crippen LogP contribution is 2.61. The first-order valence-corrected chi connectivity index (χ1v) is 11.8. The number of hydrogen-bond acceptors (Lipinski definition) is 3. The number of rotatable bonds is 4. The van der Waals surface area contributed by atoms with E-state index in [9.17, 15) is 4.79 Å². The molecule has 1 aromatic heterocycles.